The molecule has 9 heteroatoms. The van der Waals surface area contributed by atoms with Gasteiger partial charge in [-0.25, -0.2) is 4.98 Å². The van der Waals surface area contributed by atoms with E-state index in [4.69, 9.17) is 14.5 Å². The van der Waals surface area contributed by atoms with E-state index in [0.717, 1.165) is 27.8 Å². The largest absolute Gasteiger partial charge is 0.496 e. The summed E-state index contributed by atoms with van der Waals surface area (Å²) in [5.74, 6) is 0.970. The first-order valence-corrected chi connectivity index (χ1v) is 16.5. The minimum Gasteiger partial charge on any atom is -0.496 e. The number of likely N-dealkylation sites (N-methyl/N-ethyl adjacent to an activating group) is 1. The zero-order valence-electron chi connectivity index (χ0n) is 27.4. The number of hydrogen-bond donors (Lipinski definition) is 1. The first-order chi connectivity index (χ1) is 20.8. The molecule has 1 aromatic heterocycles. The Bertz CT molecular complexity index is 1640. The van der Waals surface area contributed by atoms with E-state index in [1.807, 2.05) is 50.8 Å². The Morgan fingerprint density at radius 1 is 1.16 bits per heavy atom. The normalized spacial score (nSPS) is 21.0. The minimum atomic E-state index is -0.650. The van der Waals surface area contributed by atoms with Gasteiger partial charge in [0.15, 0.2) is 5.78 Å². The maximum absolute atomic E-state index is 14.3. The molecule has 1 N–H and O–H groups in total. The Hall–Kier alpha value is -3.59. The highest BCUT2D eigenvalue weighted by Gasteiger charge is 2.53. The molecule has 0 radical (unpaired) electrons. The van der Waals surface area contributed by atoms with Crippen LogP contribution in [0.2, 0.25) is 0 Å². The van der Waals surface area contributed by atoms with Crippen molar-refractivity contribution in [1.29, 1.82) is 0 Å². The number of nitrogens with zero attached hydrogens (tertiary/aromatic N) is 2. The molecule has 0 saturated carbocycles. The van der Waals surface area contributed by atoms with Gasteiger partial charge in [-0.3, -0.25) is 19.1 Å². The fourth-order valence-corrected chi connectivity index (χ4v) is 7.36. The third-order valence-electron chi connectivity index (χ3n) is 9.22. The lowest BCUT2D eigenvalue weighted by molar-refractivity contribution is -0.127. The van der Waals surface area contributed by atoms with Crippen molar-refractivity contribution in [2.75, 3.05) is 19.9 Å². The predicted molar refractivity (Wildman–Crippen MR) is 173 cm³/mol. The van der Waals surface area contributed by atoms with Gasteiger partial charge in [-0.2, -0.15) is 0 Å². The standard InChI is InChI=1S/C35H43N3O5S/c1-11-38-31(17(2)3)32-29(34(38)41)28(27-23(39)15-35(7,8)16-25(27)43-32)26-20(6)21(12-13-24(26)42-9)22-14-18(4)19(5)30(36-22)33(40)37-44-10/h12-14,17,28,31H,11,15-16H2,1-10H3,(H,37,40)/t28-,31+/m0/s1. The minimum absolute atomic E-state index is 0.0103. The van der Waals surface area contributed by atoms with Crippen molar-refractivity contribution in [2.24, 2.45) is 11.3 Å². The molecule has 2 amide bonds. The highest BCUT2D eigenvalue weighted by atomic mass is 32.2. The molecule has 3 heterocycles. The number of ketones is 1. The summed E-state index contributed by atoms with van der Waals surface area (Å²) >= 11 is 1.23. The number of carbonyl (C=O) groups excluding carboxylic acids is 3. The van der Waals surface area contributed by atoms with Crippen LogP contribution >= 0.6 is 11.9 Å². The van der Waals surface area contributed by atoms with Gasteiger partial charge in [0.1, 0.15) is 23.0 Å². The molecule has 2 aromatic rings. The second-order valence-electron chi connectivity index (χ2n) is 13.2. The molecule has 2 aliphatic heterocycles. The van der Waals surface area contributed by atoms with Crippen molar-refractivity contribution in [2.45, 2.75) is 80.2 Å². The summed E-state index contributed by atoms with van der Waals surface area (Å²) in [6, 6.07) is 5.56. The summed E-state index contributed by atoms with van der Waals surface area (Å²) < 4.78 is 15.4. The van der Waals surface area contributed by atoms with Gasteiger partial charge in [0, 0.05) is 42.3 Å². The van der Waals surface area contributed by atoms with E-state index >= 15 is 0 Å². The van der Waals surface area contributed by atoms with Gasteiger partial charge in [-0.1, -0.05) is 39.6 Å². The number of Topliss-reactive ketones (excluding diaryl/α,β-unsaturated/α-hetero) is 1. The lowest BCUT2D eigenvalue weighted by atomic mass is 9.68. The number of benzene rings is 1. The summed E-state index contributed by atoms with van der Waals surface area (Å²) in [7, 11) is 1.61. The second-order valence-corrected chi connectivity index (χ2v) is 13.8. The van der Waals surface area contributed by atoms with Crippen molar-refractivity contribution >= 4 is 29.5 Å². The van der Waals surface area contributed by atoms with E-state index in [2.05, 4.69) is 32.4 Å². The lowest BCUT2D eigenvalue weighted by Gasteiger charge is -2.39. The number of aromatic nitrogens is 1. The molecule has 8 nitrogen and oxygen atoms in total. The predicted octanol–water partition coefficient (Wildman–Crippen LogP) is 6.59. The molecule has 5 rings (SSSR count). The van der Waals surface area contributed by atoms with Gasteiger partial charge in [0.25, 0.3) is 11.8 Å². The Labute approximate surface area is 264 Å². The molecule has 0 fully saturated rings. The Morgan fingerprint density at radius 3 is 2.48 bits per heavy atom. The Kier molecular flexibility index (Phi) is 8.48. The zero-order valence-corrected chi connectivity index (χ0v) is 28.2. The molecule has 234 valence electrons. The molecule has 0 saturated heterocycles. The van der Waals surface area contributed by atoms with Gasteiger partial charge >= 0.3 is 0 Å². The van der Waals surface area contributed by atoms with Crippen molar-refractivity contribution in [1.82, 2.24) is 14.6 Å². The number of ether oxygens (including phenoxy) is 2. The quantitative estimate of drug-likeness (QED) is 0.350. The molecule has 0 spiro atoms. The number of carbonyl (C=O) groups is 3. The van der Waals surface area contributed by atoms with E-state index in [-0.39, 0.29) is 35.0 Å². The SMILES string of the molecule is CCN1C(=O)C2=C(OC3=C(C(=O)CC(C)(C)C3)[C@@H]2c2c(OC)ccc(-c3cc(C)c(C)c(C(=O)NSC)n3)c2C)[C@H]1C(C)C. The van der Waals surface area contributed by atoms with Gasteiger partial charge in [-0.05, 0) is 73.9 Å². The van der Waals surface area contributed by atoms with Crippen LogP contribution in [0.5, 0.6) is 5.75 Å². The highest BCUT2D eigenvalue weighted by Crippen LogP contribution is 2.55. The van der Waals surface area contributed by atoms with E-state index in [9.17, 15) is 14.4 Å². The van der Waals surface area contributed by atoms with Crippen LogP contribution in [0, 0.1) is 32.1 Å². The fraction of sp³-hybridized carbons (Fsp3) is 0.486. The number of methoxy groups -OCH3 is 1. The summed E-state index contributed by atoms with van der Waals surface area (Å²) in [6.07, 6.45) is 2.76. The first kappa shape index (κ1) is 31.8. The van der Waals surface area contributed by atoms with Crippen molar-refractivity contribution in [3.8, 4) is 17.0 Å². The number of rotatable bonds is 7. The van der Waals surface area contributed by atoms with Gasteiger partial charge in [0.05, 0.1) is 30.3 Å². The van der Waals surface area contributed by atoms with E-state index in [0.29, 0.717) is 59.2 Å². The van der Waals surface area contributed by atoms with E-state index in [1.54, 1.807) is 13.4 Å². The smallest absolute Gasteiger partial charge is 0.279 e. The van der Waals surface area contributed by atoms with Gasteiger partial charge in [-0.15, -0.1) is 0 Å². The number of pyridine rings is 1. The third kappa shape index (κ3) is 5.13. The zero-order chi connectivity index (χ0) is 32.2. The molecule has 3 aliphatic rings. The molecule has 0 unspecified atom stereocenters. The summed E-state index contributed by atoms with van der Waals surface area (Å²) in [5, 5.41) is 0. The van der Waals surface area contributed by atoms with E-state index in [1.165, 1.54) is 11.9 Å². The second kappa shape index (κ2) is 11.7. The van der Waals surface area contributed by atoms with Crippen LogP contribution in [0.1, 0.15) is 86.1 Å². The number of amides is 2. The van der Waals surface area contributed by atoms with Crippen LogP contribution < -0.4 is 9.46 Å². The topological polar surface area (TPSA) is 97.8 Å². The van der Waals surface area contributed by atoms with Crippen LogP contribution in [0.3, 0.4) is 0 Å². The van der Waals surface area contributed by atoms with Crippen LogP contribution in [0.4, 0.5) is 0 Å². The number of allylic oxidation sites excluding steroid dienone is 2. The average molecular weight is 618 g/mol. The van der Waals surface area contributed by atoms with Crippen molar-refractivity contribution < 1.29 is 23.9 Å². The average Bonchev–Trinajstić information content (AvgIpc) is 3.23. The molecule has 1 aliphatic carbocycles. The first-order valence-electron chi connectivity index (χ1n) is 15.2. The van der Waals surface area contributed by atoms with Crippen LogP contribution in [0.15, 0.2) is 40.9 Å². The number of aryl methyl sites for hydroxylation is 1. The molecule has 2 atom stereocenters. The Balaban J connectivity index is 1.80. The monoisotopic (exact) mass is 617 g/mol. The number of nitrogens with one attached hydrogen (secondary N) is 1. The van der Waals surface area contributed by atoms with Crippen LogP contribution in [-0.4, -0.2) is 53.4 Å². The molecular weight excluding hydrogens is 574 g/mol. The van der Waals surface area contributed by atoms with Crippen LogP contribution in [-0.2, 0) is 14.3 Å². The molecule has 1 aromatic carbocycles. The van der Waals surface area contributed by atoms with Gasteiger partial charge < -0.3 is 14.4 Å². The maximum Gasteiger partial charge on any atom is 0.279 e. The molecule has 44 heavy (non-hydrogen) atoms. The number of hydrogen-bond acceptors (Lipinski definition) is 7. The summed E-state index contributed by atoms with van der Waals surface area (Å²) in [6.45, 7) is 16.7. The Morgan fingerprint density at radius 2 is 1.86 bits per heavy atom. The van der Waals surface area contributed by atoms with Crippen molar-refractivity contribution in [3.05, 3.63) is 68.8 Å². The van der Waals surface area contributed by atoms with Crippen molar-refractivity contribution in [3.63, 3.8) is 0 Å². The lowest BCUT2D eigenvalue weighted by Crippen LogP contribution is -2.39. The maximum atomic E-state index is 14.3. The highest BCUT2D eigenvalue weighted by molar-refractivity contribution is 7.97. The fourth-order valence-electron chi connectivity index (χ4n) is 7.08. The summed E-state index contributed by atoms with van der Waals surface area (Å²) in [5.41, 5.74) is 5.94. The summed E-state index contributed by atoms with van der Waals surface area (Å²) in [4.78, 5) is 47.9. The van der Waals surface area contributed by atoms with Gasteiger partial charge in [0.2, 0.25) is 0 Å². The third-order valence-corrected chi connectivity index (χ3v) is 9.61. The van der Waals surface area contributed by atoms with E-state index < -0.39 is 5.92 Å². The van der Waals surface area contributed by atoms with Crippen LogP contribution in [0.25, 0.3) is 11.3 Å². The molecular formula is C35H43N3O5S. The molecule has 0 bridgehead atoms.